The van der Waals surface area contributed by atoms with Crippen molar-refractivity contribution in [1.29, 1.82) is 0 Å². The van der Waals surface area contributed by atoms with E-state index in [0.717, 1.165) is 11.8 Å². The third-order valence-corrected chi connectivity index (χ3v) is 6.69. The number of carbonyl (C=O) groups is 1. The van der Waals surface area contributed by atoms with Gasteiger partial charge in [0.25, 0.3) is 0 Å². The van der Waals surface area contributed by atoms with Crippen LogP contribution in [0.1, 0.15) is 35.3 Å². The first-order chi connectivity index (χ1) is 16.0. The smallest absolute Gasteiger partial charge is 0.335 e. The van der Waals surface area contributed by atoms with Crippen molar-refractivity contribution in [2.45, 2.75) is 30.6 Å². The predicted octanol–water partition coefficient (Wildman–Crippen LogP) is 5.05. The van der Waals surface area contributed by atoms with E-state index in [2.05, 4.69) is 0 Å². The lowest BCUT2D eigenvalue weighted by Gasteiger charge is -2.24. The van der Waals surface area contributed by atoms with Crippen LogP contribution in [0.5, 0.6) is 5.75 Å². The van der Waals surface area contributed by atoms with Gasteiger partial charge in [0.05, 0.1) is 16.1 Å². The molecule has 1 N–H and O–H groups in total. The zero-order chi connectivity index (χ0) is 24.7. The number of halogens is 1. The van der Waals surface area contributed by atoms with Crippen molar-refractivity contribution in [3.05, 3.63) is 95.3 Å². The number of hydrogen-bond acceptors (Lipinski definition) is 5. The van der Waals surface area contributed by atoms with Gasteiger partial charge in [0.1, 0.15) is 11.6 Å². The second kappa shape index (κ2) is 8.70. The lowest BCUT2D eigenvalue weighted by atomic mass is 9.86. The molecule has 0 aliphatic carbocycles. The van der Waals surface area contributed by atoms with E-state index >= 15 is 0 Å². The number of ether oxygens (including phenoxy) is 2. The van der Waals surface area contributed by atoms with Crippen molar-refractivity contribution >= 4 is 27.0 Å². The number of carboxylic acid groups (broad SMARTS) is 1. The van der Waals surface area contributed by atoms with Gasteiger partial charge in [-0.25, -0.2) is 17.6 Å². The summed E-state index contributed by atoms with van der Waals surface area (Å²) in [6, 6.07) is 18.4. The van der Waals surface area contributed by atoms with Gasteiger partial charge < -0.3 is 14.6 Å². The predicted molar refractivity (Wildman–Crippen MR) is 126 cm³/mol. The molecule has 0 spiro atoms. The van der Waals surface area contributed by atoms with Crippen molar-refractivity contribution in [3.63, 3.8) is 0 Å². The molecule has 8 heteroatoms. The van der Waals surface area contributed by atoms with E-state index in [1.807, 2.05) is 13.8 Å². The fourth-order valence-corrected chi connectivity index (χ4v) is 4.65. The van der Waals surface area contributed by atoms with Crippen LogP contribution in [0.4, 0.5) is 4.39 Å². The molecule has 0 radical (unpaired) electrons. The second-order valence-corrected chi connectivity index (χ2v) is 10.5. The summed E-state index contributed by atoms with van der Waals surface area (Å²) in [5.41, 5.74) is 1.85. The maximum Gasteiger partial charge on any atom is 0.335 e. The van der Waals surface area contributed by atoms with E-state index in [1.165, 1.54) is 48.5 Å². The molecule has 0 aromatic heterocycles. The highest BCUT2D eigenvalue weighted by molar-refractivity contribution is 7.90. The Morgan fingerprint density at radius 1 is 1.00 bits per heavy atom. The van der Waals surface area contributed by atoms with Crippen LogP contribution < -0.4 is 4.74 Å². The Morgan fingerprint density at radius 3 is 2.21 bits per heavy atom. The van der Waals surface area contributed by atoms with Crippen LogP contribution in [0.15, 0.2) is 77.7 Å². The molecule has 4 rings (SSSR count). The summed E-state index contributed by atoms with van der Waals surface area (Å²) in [6.07, 6.45) is 0.221. The van der Waals surface area contributed by atoms with Gasteiger partial charge in [-0.15, -0.1) is 0 Å². The van der Waals surface area contributed by atoms with Crippen LogP contribution in [0.2, 0.25) is 0 Å². The van der Waals surface area contributed by atoms with Gasteiger partial charge in [-0.1, -0.05) is 24.3 Å². The first-order valence-corrected chi connectivity index (χ1v) is 12.3. The van der Waals surface area contributed by atoms with Crippen molar-refractivity contribution < 1.29 is 32.2 Å². The zero-order valence-corrected chi connectivity index (χ0v) is 19.6. The van der Waals surface area contributed by atoms with Crippen LogP contribution >= 0.6 is 0 Å². The summed E-state index contributed by atoms with van der Waals surface area (Å²) in [4.78, 5) is 11.3. The molecule has 1 aliphatic rings. The van der Waals surface area contributed by atoms with E-state index < -0.39 is 33.5 Å². The minimum absolute atomic E-state index is 0.118. The summed E-state index contributed by atoms with van der Waals surface area (Å²) in [7, 11) is -3.37. The molecule has 1 unspecified atom stereocenters. The standard InChI is InChI=1S/C26H23FO6S/c1-26(2)23(16-9-13-21(14-10-16)34(3,30)31)22(18-5-4-6-19(27)15-18)25(33-26)32-20-11-7-17(8-12-20)24(28)29/h4-15,25H,1-3H3,(H,28,29). The largest absolute Gasteiger partial charge is 0.478 e. The van der Waals surface area contributed by atoms with E-state index in [-0.39, 0.29) is 10.5 Å². The summed E-state index contributed by atoms with van der Waals surface area (Å²) in [5.74, 6) is -1.09. The fourth-order valence-electron chi connectivity index (χ4n) is 4.02. The summed E-state index contributed by atoms with van der Waals surface area (Å²) >= 11 is 0. The molecule has 1 aliphatic heterocycles. The van der Waals surface area contributed by atoms with E-state index in [4.69, 9.17) is 14.6 Å². The van der Waals surface area contributed by atoms with Crippen LogP contribution in [-0.2, 0) is 14.6 Å². The normalized spacial score (nSPS) is 17.6. The monoisotopic (exact) mass is 482 g/mol. The van der Waals surface area contributed by atoms with Crippen molar-refractivity contribution in [1.82, 2.24) is 0 Å². The van der Waals surface area contributed by atoms with Gasteiger partial charge in [-0.3, -0.25) is 0 Å². The fraction of sp³-hybridized carbons (Fsp3) is 0.192. The molecule has 0 fully saturated rings. The molecule has 0 saturated carbocycles. The molecular formula is C26H23FO6S. The number of benzene rings is 3. The van der Waals surface area contributed by atoms with Gasteiger partial charge in [0.2, 0.25) is 6.29 Å². The minimum atomic E-state index is -3.37. The Hall–Kier alpha value is -3.49. The molecule has 3 aromatic rings. The quantitative estimate of drug-likeness (QED) is 0.529. The molecule has 0 saturated heterocycles. The maximum absolute atomic E-state index is 14.2. The molecule has 0 bridgehead atoms. The summed E-state index contributed by atoms with van der Waals surface area (Å²) in [6.45, 7) is 3.70. The Balaban J connectivity index is 1.84. The average Bonchev–Trinajstić information content (AvgIpc) is 3.03. The Labute approximate surface area is 197 Å². The SMILES string of the molecule is CC1(C)OC(Oc2ccc(C(=O)O)cc2)C(c2cccc(F)c2)=C1c1ccc(S(C)(=O)=O)cc1. The molecule has 1 heterocycles. The maximum atomic E-state index is 14.2. The Morgan fingerprint density at radius 2 is 1.65 bits per heavy atom. The average molecular weight is 483 g/mol. The highest BCUT2D eigenvalue weighted by atomic mass is 32.2. The molecule has 176 valence electrons. The molecule has 3 aromatic carbocycles. The second-order valence-electron chi connectivity index (χ2n) is 8.50. The Bertz CT molecular complexity index is 1370. The number of aromatic carboxylic acids is 1. The van der Waals surface area contributed by atoms with Gasteiger partial charge >= 0.3 is 5.97 Å². The highest BCUT2D eigenvalue weighted by Gasteiger charge is 2.43. The molecule has 34 heavy (non-hydrogen) atoms. The van der Waals surface area contributed by atoms with Crippen molar-refractivity contribution in [3.8, 4) is 5.75 Å². The number of rotatable bonds is 6. The van der Waals surface area contributed by atoms with Gasteiger partial charge in [-0.2, -0.15) is 0 Å². The number of carboxylic acids is 1. The molecule has 0 amide bonds. The highest BCUT2D eigenvalue weighted by Crippen LogP contribution is 2.47. The molecule has 1 atom stereocenters. The van der Waals surface area contributed by atoms with Gasteiger partial charge in [0, 0.05) is 17.4 Å². The van der Waals surface area contributed by atoms with E-state index in [9.17, 15) is 17.6 Å². The lowest BCUT2D eigenvalue weighted by molar-refractivity contribution is -0.0858. The summed E-state index contributed by atoms with van der Waals surface area (Å²) in [5, 5.41) is 9.13. The lowest BCUT2D eigenvalue weighted by Crippen LogP contribution is -2.27. The minimum Gasteiger partial charge on any atom is -0.478 e. The third kappa shape index (κ3) is 4.73. The third-order valence-electron chi connectivity index (χ3n) is 5.56. The first kappa shape index (κ1) is 23.7. The van der Waals surface area contributed by atoms with Crippen LogP contribution in [0, 0.1) is 5.82 Å². The van der Waals surface area contributed by atoms with Crippen molar-refractivity contribution in [2.24, 2.45) is 0 Å². The van der Waals surface area contributed by atoms with Crippen LogP contribution in [0.25, 0.3) is 11.1 Å². The van der Waals surface area contributed by atoms with E-state index in [1.54, 1.807) is 24.3 Å². The van der Waals surface area contributed by atoms with E-state index in [0.29, 0.717) is 22.4 Å². The topological polar surface area (TPSA) is 89.9 Å². The van der Waals surface area contributed by atoms with Gasteiger partial charge in [0.15, 0.2) is 9.84 Å². The number of hydrogen-bond donors (Lipinski definition) is 1. The van der Waals surface area contributed by atoms with Crippen LogP contribution in [0.3, 0.4) is 0 Å². The Kier molecular flexibility index (Phi) is 6.05. The van der Waals surface area contributed by atoms with Gasteiger partial charge in [-0.05, 0) is 73.5 Å². The molecule has 6 nitrogen and oxygen atoms in total. The van der Waals surface area contributed by atoms with Crippen LogP contribution in [-0.4, -0.2) is 37.6 Å². The number of sulfone groups is 1. The zero-order valence-electron chi connectivity index (χ0n) is 18.8. The van der Waals surface area contributed by atoms with Crippen molar-refractivity contribution in [2.75, 3.05) is 6.26 Å². The summed E-state index contributed by atoms with van der Waals surface area (Å²) < 4.78 is 50.3. The molecular weight excluding hydrogens is 459 g/mol. The first-order valence-electron chi connectivity index (χ1n) is 10.4.